The molecule has 2 aromatic heterocycles. The first-order valence-electron chi connectivity index (χ1n) is 7.65. The molecule has 0 radical (unpaired) electrons. The Kier molecular flexibility index (Phi) is 4.48. The fraction of sp³-hybridized carbons (Fsp3) is 0.438. The standard InChI is InChI=1S/C16H21N5O/c1-2-8-22-15-12(4-3-6-18-15)10-21-7-5-14-13(11-21)9-19-16(17)20-14/h3-4,6,9H,2,5,7-8,10-11H2,1H3,(H2,17,19,20). The van der Waals surface area contributed by atoms with E-state index in [2.05, 4.69) is 32.8 Å². The molecule has 0 aromatic carbocycles. The van der Waals surface area contributed by atoms with Crippen LogP contribution in [-0.2, 0) is 19.5 Å². The SMILES string of the molecule is CCCOc1ncccc1CN1CCc2nc(N)ncc2C1. The molecule has 0 fully saturated rings. The van der Waals surface area contributed by atoms with E-state index in [4.69, 9.17) is 10.5 Å². The molecule has 6 heteroatoms. The lowest BCUT2D eigenvalue weighted by Crippen LogP contribution is -2.31. The number of rotatable bonds is 5. The molecule has 1 aliphatic heterocycles. The van der Waals surface area contributed by atoms with E-state index in [1.807, 2.05) is 12.3 Å². The Balaban J connectivity index is 1.71. The quantitative estimate of drug-likeness (QED) is 0.907. The first-order valence-corrected chi connectivity index (χ1v) is 7.65. The molecule has 0 saturated carbocycles. The van der Waals surface area contributed by atoms with Crippen molar-refractivity contribution >= 4 is 5.95 Å². The van der Waals surface area contributed by atoms with Gasteiger partial charge >= 0.3 is 0 Å². The van der Waals surface area contributed by atoms with Crippen molar-refractivity contribution in [2.45, 2.75) is 32.9 Å². The zero-order chi connectivity index (χ0) is 15.4. The van der Waals surface area contributed by atoms with Gasteiger partial charge in [-0.15, -0.1) is 0 Å². The monoisotopic (exact) mass is 299 g/mol. The lowest BCUT2D eigenvalue weighted by Gasteiger charge is -2.28. The Morgan fingerprint density at radius 2 is 2.27 bits per heavy atom. The first kappa shape index (κ1) is 14.7. The fourth-order valence-electron chi connectivity index (χ4n) is 2.64. The van der Waals surface area contributed by atoms with E-state index in [1.54, 1.807) is 6.20 Å². The lowest BCUT2D eigenvalue weighted by atomic mass is 10.1. The van der Waals surface area contributed by atoms with Gasteiger partial charge in [-0.25, -0.2) is 15.0 Å². The number of hydrogen-bond donors (Lipinski definition) is 1. The summed E-state index contributed by atoms with van der Waals surface area (Å²) in [6, 6.07) is 4.03. The summed E-state index contributed by atoms with van der Waals surface area (Å²) >= 11 is 0. The van der Waals surface area contributed by atoms with Crippen molar-refractivity contribution in [2.75, 3.05) is 18.9 Å². The second-order valence-corrected chi connectivity index (χ2v) is 5.48. The van der Waals surface area contributed by atoms with Crippen molar-refractivity contribution in [1.82, 2.24) is 19.9 Å². The van der Waals surface area contributed by atoms with Gasteiger partial charge in [0.25, 0.3) is 0 Å². The number of nitrogens with zero attached hydrogens (tertiary/aromatic N) is 4. The topological polar surface area (TPSA) is 77.2 Å². The van der Waals surface area contributed by atoms with Crippen LogP contribution in [0, 0.1) is 0 Å². The maximum Gasteiger partial charge on any atom is 0.220 e. The Labute approximate surface area is 130 Å². The molecule has 0 saturated heterocycles. The number of nitrogen functional groups attached to an aromatic ring is 1. The molecule has 0 atom stereocenters. The Hall–Kier alpha value is -2.21. The van der Waals surface area contributed by atoms with Crippen molar-refractivity contribution < 1.29 is 4.74 Å². The average molecular weight is 299 g/mol. The van der Waals surface area contributed by atoms with E-state index in [0.29, 0.717) is 12.6 Å². The highest BCUT2D eigenvalue weighted by atomic mass is 16.5. The molecule has 0 amide bonds. The summed E-state index contributed by atoms with van der Waals surface area (Å²) < 4.78 is 5.73. The summed E-state index contributed by atoms with van der Waals surface area (Å²) in [5.41, 5.74) is 8.99. The number of nitrogens with two attached hydrogens (primary N) is 1. The molecule has 0 unspecified atom stereocenters. The van der Waals surface area contributed by atoms with Crippen LogP contribution in [0.1, 0.15) is 30.2 Å². The Bertz CT molecular complexity index is 646. The lowest BCUT2D eigenvalue weighted by molar-refractivity contribution is 0.233. The molecule has 2 aromatic rings. The summed E-state index contributed by atoms with van der Waals surface area (Å²) in [5.74, 6) is 1.10. The van der Waals surface area contributed by atoms with Gasteiger partial charge in [-0.3, -0.25) is 4.90 Å². The van der Waals surface area contributed by atoms with Crippen LogP contribution in [0.3, 0.4) is 0 Å². The van der Waals surface area contributed by atoms with Crippen molar-refractivity contribution in [3.63, 3.8) is 0 Å². The van der Waals surface area contributed by atoms with Gasteiger partial charge in [0.2, 0.25) is 11.8 Å². The van der Waals surface area contributed by atoms with E-state index >= 15 is 0 Å². The first-order chi connectivity index (χ1) is 10.8. The van der Waals surface area contributed by atoms with E-state index in [-0.39, 0.29) is 0 Å². The molecule has 22 heavy (non-hydrogen) atoms. The third kappa shape index (κ3) is 3.33. The van der Waals surface area contributed by atoms with Gasteiger partial charge in [-0.1, -0.05) is 13.0 Å². The van der Waals surface area contributed by atoms with Crippen LogP contribution in [0.2, 0.25) is 0 Å². The van der Waals surface area contributed by atoms with Gasteiger partial charge in [-0.2, -0.15) is 0 Å². The van der Waals surface area contributed by atoms with Crippen molar-refractivity contribution in [3.05, 3.63) is 41.3 Å². The van der Waals surface area contributed by atoms with E-state index in [1.165, 1.54) is 0 Å². The second kappa shape index (κ2) is 6.70. The van der Waals surface area contributed by atoms with Crippen LogP contribution in [0.25, 0.3) is 0 Å². The Morgan fingerprint density at radius 3 is 3.14 bits per heavy atom. The number of hydrogen-bond acceptors (Lipinski definition) is 6. The molecule has 116 valence electrons. The number of pyridine rings is 1. The third-order valence-corrected chi connectivity index (χ3v) is 3.72. The predicted molar refractivity (Wildman–Crippen MR) is 84.3 cm³/mol. The van der Waals surface area contributed by atoms with Crippen molar-refractivity contribution in [2.24, 2.45) is 0 Å². The molecule has 0 bridgehead atoms. The van der Waals surface area contributed by atoms with Crippen molar-refractivity contribution in [3.8, 4) is 5.88 Å². The van der Waals surface area contributed by atoms with Crippen LogP contribution in [0.4, 0.5) is 5.95 Å². The highest BCUT2D eigenvalue weighted by molar-refractivity contribution is 5.29. The van der Waals surface area contributed by atoms with E-state index in [0.717, 1.165) is 55.2 Å². The summed E-state index contributed by atoms with van der Waals surface area (Å²) in [6.07, 6.45) is 5.48. The minimum atomic E-state index is 0.356. The number of anilines is 1. The molecule has 1 aliphatic rings. The van der Waals surface area contributed by atoms with Gasteiger partial charge in [-0.05, 0) is 12.5 Å². The molecule has 0 aliphatic carbocycles. The fourth-order valence-corrected chi connectivity index (χ4v) is 2.64. The normalized spacial score (nSPS) is 14.6. The predicted octanol–water partition coefficient (Wildman–Crippen LogP) is 1.80. The van der Waals surface area contributed by atoms with Gasteiger partial charge < -0.3 is 10.5 Å². The molecule has 6 nitrogen and oxygen atoms in total. The third-order valence-electron chi connectivity index (χ3n) is 3.72. The van der Waals surface area contributed by atoms with Gasteiger partial charge in [0, 0.05) is 49.6 Å². The second-order valence-electron chi connectivity index (χ2n) is 5.48. The van der Waals surface area contributed by atoms with Crippen LogP contribution in [-0.4, -0.2) is 33.0 Å². The maximum absolute atomic E-state index is 5.73. The van der Waals surface area contributed by atoms with Crippen LogP contribution < -0.4 is 10.5 Å². The number of aromatic nitrogens is 3. The zero-order valence-electron chi connectivity index (χ0n) is 12.8. The molecule has 3 rings (SSSR count). The van der Waals surface area contributed by atoms with Crippen LogP contribution in [0.5, 0.6) is 5.88 Å². The summed E-state index contributed by atoms with van der Waals surface area (Å²) in [6.45, 7) is 5.38. The largest absolute Gasteiger partial charge is 0.477 e. The number of ether oxygens (including phenoxy) is 1. The molecular weight excluding hydrogens is 278 g/mol. The van der Waals surface area contributed by atoms with E-state index in [9.17, 15) is 0 Å². The Morgan fingerprint density at radius 1 is 1.36 bits per heavy atom. The molecular formula is C16H21N5O. The zero-order valence-corrected chi connectivity index (χ0v) is 12.8. The highest BCUT2D eigenvalue weighted by Gasteiger charge is 2.19. The minimum absolute atomic E-state index is 0.356. The summed E-state index contributed by atoms with van der Waals surface area (Å²) in [5, 5.41) is 0. The molecule has 2 N–H and O–H groups in total. The van der Waals surface area contributed by atoms with Gasteiger partial charge in [0.1, 0.15) is 0 Å². The molecule has 3 heterocycles. The van der Waals surface area contributed by atoms with Crippen LogP contribution in [0.15, 0.2) is 24.5 Å². The van der Waals surface area contributed by atoms with Crippen molar-refractivity contribution in [1.29, 1.82) is 0 Å². The van der Waals surface area contributed by atoms with Gasteiger partial charge in [0.15, 0.2) is 0 Å². The highest BCUT2D eigenvalue weighted by Crippen LogP contribution is 2.22. The van der Waals surface area contributed by atoms with Crippen LogP contribution >= 0.6 is 0 Å². The number of fused-ring (bicyclic) bond motifs is 1. The maximum atomic E-state index is 5.73. The molecule has 0 spiro atoms. The average Bonchev–Trinajstić information content (AvgIpc) is 2.54. The minimum Gasteiger partial charge on any atom is -0.477 e. The smallest absolute Gasteiger partial charge is 0.220 e. The summed E-state index contributed by atoms with van der Waals surface area (Å²) in [4.78, 5) is 15.1. The van der Waals surface area contributed by atoms with E-state index < -0.39 is 0 Å². The van der Waals surface area contributed by atoms with Gasteiger partial charge in [0.05, 0.1) is 12.3 Å². The summed E-state index contributed by atoms with van der Waals surface area (Å²) in [7, 11) is 0.